The maximum atomic E-state index is 12.5. The number of aliphatic carboxylic acids is 1. The minimum atomic E-state index is -0.757. The van der Waals surface area contributed by atoms with E-state index in [1.165, 1.54) is 0 Å². The van der Waals surface area contributed by atoms with Crippen LogP contribution in [-0.4, -0.2) is 40.3 Å². The first kappa shape index (κ1) is 16.1. The number of carbonyl (C=O) groups excluding carboxylic acids is 1. The molecule has 0 aromatic carbocycles. The van der Waals surface area contributed by atoms with Crippen molar-refractivity contribution in [3.63, 3.8) is 0 Å². The van der Waals surface area contributed by atoms with Gasteiger partial charge in [0.2, 0.25) is 0 Å². The normalized spacial score (nSPS) is 29.7. The Morgan fingerprint density at radius 2 is 1.90 bits per heavy atom. The molecule has 1 saturated heterocycles. The Balaban J connectivity index is 2.19. The third kappa shape index (κ3) is 3.69. The first-order chi connectivity index (χ1) is 9.73. The Labute approximate surface area is 126 Å². The van der Waals surface area contributed by atoms with Gasteiger partial charge in [0.25, 0.3) is 0 Å². The zero-order valence-electron chi connectivity index (χ0n) is 13.4. The average molecular weight is 297 g/mol. The van der Waals surface area contributed by atoms with Gasteiger partial charge in [0.15, 0.2) is 0 Å². The molecular weight excluding hydrogens is 270 g/mol. The van der Waals surface area contributed by atoms with Gasteiger partial charge in [-0.25, -0.2) is 4.79 Å². The van der Waals surface area contributed by atoms with Gasteiger partial charge in [-0.05, 0) is 46.5 Å². The maximum Gasteiger partial charge on any atom is 0.410 e. The van der Waals surface area contributed by atoms with E-state index in [-0.39, 0.29) is 24.0 Å². The Hall–Kier alpha value is -1.26. The molecule has 2 fully saturated rings. The van der Waals surface area contributed by atoms with E-state index in [2.05, 4.69) is 0 Å². The third-order valence-electron chi connectivity index (χ3n) is 4.69. The van der Waals surface area contributed by atoms with Crippen molar-refractivity contribution in [2.24, 2.45) is 5.41 Å². The highest BCUT2D eigenvalue weighted by Gasteiger charge is 2.49. The lowest BCUT2D eigenvalue weighted by atomic mass is 9.63. The summed E-state index contributed by atoms with van der Waals surface area (Å²) < 4.78 is 5.52. The van der Waals surface area contributed by atoms with Crippen LogP contribution in [-0.2, 0) is 9.53 Å². The number of carbonyl (C=O) groups is 2. The molecule has 2 aliphatic rings. The summed E-state index contributed by atoms with van der Waals surface area (Å²) in [6.07, 6.45) is 5.57. The zero-order chi connectivity index (χ0) is 15.7. The van der Waals surface area contributed by atoms with Crippen LogP contribution < -0.4 is 0 Å². The van der Waals surface area contributed by atoms with Crippen LogP contribution in [0.25, 0.3) is 0 Å². The lowest BCUT2D eigenvalue weighted by Crippen LogP contribution is -2.57. The maximum absolute atomic E-state index is 12.5. The van der Waals surface area contributed by atoms with Crippen molar-refractivity contribution in [3.05, 3.63) is 0 Å². The molecule has 1 N–H and O–H groups in total. The predicted octanol–water partition coefficient (Wildman–Crippen LogP) is 3.42. The van der Waals surface area contributed by atoms with Gasteiger partial charge in [-0.1, -0.05) is 12.8 Å². The molecule has 0 aromatic rings. The van der Waals surface area contributed by atoms with Crippen LogP contribution in [0.3, 0.4) is 0 Å². The molecule has 0 aromatic heterocycles. The molecule has 1 aliphatic heterocycles. The number of carboxylic acid groups (broad SMARTS) is 1. The molecule has 1 aliphatic carbocycles. The molecule has 21 heavy (non-hydrogen) atoms. The van der Waals surface area contributed by atoms with Gasteiger partial charge in [0.05, 0.1) is 6.42 Å². The smallest absolute Gasteiger partial charge is 0.410 e. The zero-order valence-corrected chi connectivity index (χ0v) is 13.4. The molecule has 5 heteroatoms. The Morgan fingerprint density at radius 1 is 1.24 bits per heavy atom. The molecule has 5 nitrogen and oxygen atoms in total. The van der Waals surface area contributed by atoms with Crippen LogP contribution in [0.1, 0.15) is 65.7 Å². The number of ether oxygens (including phenoxy) is 1. The predicted molar refractivity (Wildman–Crippen MR) is 79.1 cm³/mol. The van der Waals surface area contributed by atoms with Gasteiger partial charge in [-0.3, -0.25) is 4.79 Å². The van der Waals surface area contributed by atoms with Crippen LogP contribution in [0.4, 0.5) is 4.79 Å². The summed E-state index contributed by atoms with van der Waals surface area (Å²) in [5.74, 6) is -0.757. The number of hydrogen-bond donors (Lipinski definition) is 1. The second-order valence-electron chi connectivity index (χ2n) is 7.47. The van der Waals surface area contributed by atoms with E-state index in [0.717, 1.165) is 38.5 Å². The topological polar surface area (TPSA) is 66.8 Å². The molecule has 120 valence electrons. The van der Waals surface area contributed by atoms with Crippen molar-refractivity contribution in [3.8, 4) is 0 Å². The number of fused-ring (bicyclic) bond motifs is 1. The molecule has 1 saturated carbocycles. The molecule has 2 rings (SSSR count). The Bertz CT molecular complexity index is 411. The largest absolute Gasteiger partial charge is 0.481 e. The molecule has 1 amide bonds. The summed E-state index contributed by atoms with van der Waals surface area (Å²) in [5.41, 5.74) is -0.766. The molecule has 0 bridgehead atoms. The van der Waals surface area contributed by atoms with Crippen LogP contribution >= 0.6 is 0 Å². The summed E-state index contributed by atoms with van der Waals surface area (Å²) in [5, 5.41) is 9.28. The second-order valence-corrected chi connectivity index (χ2v) is 7.47. The van der Waals surface area contributed by atoms with Gasteiger partial charge in [0, 0.05) is 18.0 Å². The Kier molecular flexibility index (Phi) is 4.49. The van der Waals surface area contributed by atoms with Crippen molar-refractivity contribution in [2.75, 3.05) is 6.54 Å². The number of likely N-dealkylation sites (tertiary alicyclic amines) is 1. The number of piperidine rings is 1. The molecular formula is C16H27NO4. The lowest BCUT2D eigenvalue weighted by Gasteiger charge is -2.52. The lowest BCUT2D eigenvalue weighted by molar-refractivity contribution is -0.143. The average Bonchev–Trinajstić information content (AvgIpc) is 2.34. The molecule has 0 radical (unpaired) electrons. The van der Waals surface area contributed by atoms with Crippen molar-refractivity contribution >= 4 is 12.1 Å². The Morgan fingerprint density at radius 3 is 2.52 bits per heavy atom. The first-order valence-electron chi connectivity index (χ1n) is 7.95. The number of nitrogens with zero attached hydrogens (tertiary/aromatic N) is 1. The number of hydrogen-bond acceptors (Lipinski definition) is 3. The van der Waals surface area contributed by atoms with Gasteiger partial charge < -0.3 is 14.7 Å². The molecule has 1 heterocycles. The second kappa shape index (κ2) is 5.85. The monoisotopic (exact) mass is 297 g/mol. The fourth-order valence-electron chi connectivity index (χ4n) is 3.96. The molecule has 2 unspecified atom stereocenters. The van der Waals surface area contributed by atoms with Crippen molar-refractivity contribution in [1.82, 2.24) is 4.90 Å². The minimum Gasteiger partial charge on any atom is -0.481 e. The van der Waals surface area contributed by atoms with Gasteiger partial charge in [-0.15, -0.1) is 0 Å². The molecule has 0 spiro atoms. The van der Waals surface area contributed by atoms with Crippen molar-refractivity contribution < 1.29 is 19.4 Å². The van der Waals surface area contributed by atoms with E-state index in [1.54, 1.807) is 4.90 Å². The summed E-state index contributed by atoms with van der Waals surface area (Å²) in [4.78, 5) is 25.5. The van der Waals surface area contributed by atoms with E-state index in [0.29, 0.717) is 6.54 Å². The van der Waals surface area contributed by atoms with Crippen molar-refractivity contribution in [2.45, 2.75) is 77.4 Å². The SMILES string of the molecule is CC(C)(C)OC(=O)N1CCCC2(CC(=O)O)CCCCC12. The highest BCUT2D eigenvalue weighted by atomic mass is 16.6. The highest BCUT2D eigenvalue weighted by Crippen LogP contribution is 2.48. The fraction of sp³-hybridized carbons (Fsp3) is 0.875. The van der Waals surface area contributed by atoms with Crippen molar-refractivity contribution in [1.29, 1.82) is 0 Å². The quantitative estimate of drug-likeness (QED) is 0.848. The summed E-state index contributed by atoms with van der Waals surface area (Å²) in [6.45, 7) is 6.27. The van der Waals surface area contributed by atoms with Crippen LogP contribution in [0.15, 0.2) is 0 Å². The summed E-state index contributed by atoms with van der Waals surface area (Å²) >= 11 is 0. The fourth-order valence-corrected chi connectivity index (χ4v) is 3.96. The van der Waals surface area contributed by atoms with Crippen LogP contribution in [0.5, 0.6) is 0 Å². The highest BCUT2D eigenvalue weighted by molar-refractivity contribution is 5.70. The van der Waals surface area contributed by atoms with E-state index >= 15 is 0 Å². The number of rotatable bonds is 2. The van der Waals surface area contributed by atoms with Gasteiger partial charge >= 0.3 is 12.1 Å². The number of carboxylic acids is 1. The van der Waals surface area contributed by atoms with Crippen LogP contribution in [0, 0.1) is 5.41 Å². The van der Waals surface area contributed by atoms with Gasteiger partial charge in [-0.2, -0.15) is 0 Å². The standard InChI is InChI=1S/C16H27NO4/c1-15(2,3)21-14(20)17-10-6-9-16(11-13(18)19)8-5-4-7-12(16)17/h12H,4-11H2,1-3H3,(H,18,19). The first-order valence-corrected chi connectivity index (χ1v) is 7.95. The summed E-state index contributed by atoms with van der Waals surface area (Å²) in [7, 11) is 0. The van der Waals surface area contributed by atoms with E-state index in [1.807, 2.05) is 20.8 Å². The molecule has 2 atom stereocenters. The third-order valence-corrected chi connectivity index (χ3v) is 4.69. The summed E-state index contributed by atoms with van der Waals surface area (Å²) in [6, 6.07) is 0.0194. The number of amides is 1. The van der Waals surface area contributed by atoms with E-state index < -0.39 is 11.6 Å². The van der Waals surface area contributed by atoms with E-state index in [4.69, 9.17) is 4.74 Å². The van der Waals surface area contributed by atoms with E-state index in [9.17, 15) is 14.7 Å². The minimum absolute atomic E-state index is 0.0194. The van der Waals surface area contributed by atoms with Crippen LogP contribution in [0.2, 0.25) is 0 Å². The van der Waals surface area contributed by atoms with Gasteiger partial charge in [0.1, 0.15) is 5.60 Å².